The Morgan fingerprint density at radius 1 is 1.23 bits per heavy atom. The molecule has 1 aromatic carbocycles. The lowest BCUT2D eigenvalue weighted by atomic mass is 10.1. The van der Waals surface area contributed by atoms with E-state index in [0.717, 1.165) is 57.0 Å². The Bertz CT molecular complexity index is 769. The molecule has 0 saturated carbocycles. The van der Waals surface area contributed by atoms with Crippen LogP contribution in [0.15, 0.2) is 30.9 Å². The van der Waals surface area contributed by atoms with E-state index in [1.54, 1.807) is 0 Å². The fourth-order valence-corrected chi connectivity index (χ4v) is 4.67. The van der Waals surface area contributed by atoms with E-state index < -0.39 is 21.8 Å². The van der Waals surface area contributed by atoms with E-state index in [4.69, 9.17) is 4.74 Å². The molecule has 2 rings (SSSR count). The van der Waals surface area contributed by atoms with Gasteiger partial charge in [0.15, 0.2) is 0 Å². The summed E-state index contributed by atoms with van der Waals surface area (Å²) in [6.07, 6.45) is 7.50. The Balaban J connectivity index is 1.63. The summed E-state index contributed by atoms with van der Waals surface area (Å²) in [6.45, 7) is 6.94. The molecule has 0 atom stereocenters. The number of hydrogen-bond donors (Lipinski definition) is 1. The minimum atomic E-state index is -3.93. The van der Waals surface area contributed by atoms with Gasteiger partial charge in [-0.1, -0.05) is 18.9 Å². The van der Waals surface area contributed by atoms with Crippen LogP contribution in [0.4, 0.5) is 14.5 Å². The standard InChI is InChI=1S/C21H33F2N3O3S/c1-3-12-25(2)13-6-4-5-7-16-29-19-10-14-26(15-11-19)30(27,28)24-21-17-18(22)8-9-20(21)23/h3,8-9,17,19,24H,1,4-7,10-16H2,2H3. The second-order valence-corrected chi connectivity index (χ2v) is 9.34. The third-order valence-electron chi connectivity index (χ3n) is 5.14. The predicted molar refractivity (Wildman–Crippen MR) is 116 cm³/mol. The number of unbranched alkanes of at least 4 members (excludes halogenated alkanes) is 3. The highest BCUT2D eigenvalue weighted by molar-refractivity contribution is 7.90. The van der Waals surface area contributed by atoms with Gasteiger partial charge in [0.05, 0.1) is 11.8 Å². The van der Waals surface area contributed by atoms with Crippen LogP contribution < -0.4 is 4.72 Å². The molecule has 0 aliphatic carbocycles. The smallest absolute Gasteiger partial charge is 0.301 e. The summed E-state index contributed by atoms with van der Waals surface area (Å²) in [7, 11) is -1.85. The van der Waals surface area contributed by atoms with Crippen molar-refractivity contribution in [3.05, 3.63) is 42.5 Å². The molecule has 0 aromatic heterocycles. The van der Waals surface area contributed by atoms with E-state index in [0.29, 0.717) is 19.4 Å². The second-order valence-electron chi connectivity index (χ2n) is 7.67. The lowest BCUT2D eigenvalue weighted by Gasteiger charge is -2.31. The van der Waals surface area contributed by atoms with Crippen molar-refractivity contribution in [2.45, 2.75) is 44.6 Å². The summed E-state index contributed by atoms with van der Waals surface area (Å²) in [6, 6.07) is 2.67. The third kappa shape index (κ3) is 8.29. The summed E-state index contributed by atoms with van der Waals surface area (Å²) in [5.74, 6) is -1.52. The zero-order valence-electron chi connectivity index (χ0n) is 17.7. The number of benzene rings is 1. The monoisotopic (exact) mass is 445 g/mol. The molecule has 1 aliphatic heterocycles. The van der Waals surface area contributed by atoms with Crippen molar-refractivity contribution in [2.75, 3.05) is 44.6 Å². The number of ether oxygens (including phenoxy) is 1. The zero-order chi connectivity index (χ0) is 22.0. The van der Waals surface area contributed by atoms with Crippen molar-refractivity contribution in [3.63, 3.8) is 0 Å². The lowest BCUT2D eigenvalue weighted by molar-refractivity contribution is 0.0193. The quantitative estimate of drug-likeness (QED) is 0.371. The highest BCUT2D eigenvalue weighted by Gasteiger charge is 2.29. The van der Waals surface area contributed by atoms with Gasteiger partial charge in [-0.05, 0) is 51.4 Å². The van der Waals surface area contributed by atoms with Gasteiger partial charge >= 0.3 is 10.2 Å². The molecule has 1 N–H and O–H groups in total. The van der Waals surface area contributed by atoms with Crippen LogP contribution >= 0.6 is 0 Å². The normalized spacial score (nSPS) is 16.1. The van der Waals surface area contributed by atoms with E-state index in [1.165, 1.54) is 4.31 Å². The summed E-state index contributed by atoms with van der Waals surface area (Å²) < 4.78 is 61.1. The van der Waals surface area contributed by atoms with Crippen molar-refractivity contribution >= 4 is 15.9 Å². The zero-order valence-corrected chi connectivity index (χ0v) is 18.5. The number of halogens is 2. The van der Waals surface area contributed by atoms with Crippen LogP contribution in [0, 0.1) is 11.6 Å². The largest absolute Gasteiger partial charge is 0.378 e. The Hall–Kier alpha value is -1.55. The first-order valence-corrected chi connectivity index (χ1v) is 11.9. The molecule has 0 bridgehead atoms. The molecule has 1 saturated heterocycles. The van der Waals surface area contributed by atoms with Gasteiger partial charge in [-0.3, -0.25) is 4.72 Å². The van der Waals surface area contributed by atoms with E-state index in [1.807, 2.05) is 6.08 Å². The van der Waals surface area contributed by atoms with Gasteiger partial charge in [-0.15, -0.1) is 6.58 Å². The average Bonchev–Trinajstić information content (AvgIpc) is 2.70. The molecule has 1 aromatic rings. The van der Waals surface area contributed by atoms with Gasteiger partial charge in [0.1, 0.15) is 11.6 Å². The van der Waals surface area contributed by atoms with Gasteiger partial charge in [-0.2, -0.15) is 12.7 Å². The number of piperidine rings is 1. The lowest BCUT2D eigenvalue weighted by Crippen LogP contribution is -2.43. The number of nitrogens with zero attached hydrogens (tertiary/aromatic N) is 2. The minimum Gasteiger partial charge on any atom is -0.378 e. The molecule has 0 amide bonds. The van der Waals surface area contributed by atoms with Crippen LogP contribution in [0.25, 0.3) is 0 Å². The first kappa shape index (κ1) is 24.7. The van der Waals surface area contributed by atoms with E-state index in [-0.39, 0.29) is 24.9 Å². The Morgan fingerprint density at radius 2 is 1.93 bits per heavy atom. The number of rotatable bonds is 13. The Kier molecular flexibility index (Phi) is 10.2. The SMILES string of the molecule is C=CCN(C)CCCCCCOC1CCN(S(=O)(=O)Nc2cc(F)ccc2F)CC1. The minimum absolute atomic E-state index is 0.0288. The van der Waals surface area contributed by atoms with Crippen molar-refractivity contribution in [2.24, 2.45) is 0 Å². The van der Waals surface area contributed by atoms with Crippen LogP contribution in [0.2, 0.25) is 0 Å². The van der Waals surface area contributed by atoms with Crippen molar-refractivity contribution in [3.8, 4) is 0 Å². The third-order valence-corrected chi connectivity index (χ3v) is 6.66. The second kappa shape index (κ2) is 12.3. The van der Waals surface area contributed by atoms with Crippen LogP contribution in [0.5, 0.6) is 0 Å². The number of anilines is 1. The van der Waals surface area contributed by atoms with Crippen LogP contribution in [0.3, 0.4) is 0 Å². The molecular formula is C21H33F2N3O3S. The molecule has 0 radical (unpaired) electrons. The maximum Gasteiger partial charge on any atom is 0.301 e. The summed E-state index contributed by atoms with van der Waals surface area (Å²) in [5.41, 5.74) is -0.385. The topological polar surface area (TPSA) is 61.9 Å². The predicted octanol–water partition coefficient (Wildman–Crippen LogP) is 3.78. The van der Waals surface area contributed by atoms with Gasteiger partial charge in [-0.25, -0.2) is 8.78 Å². The van der Waals surface area contributed by atoms with Crippen molar-refractivity contribution in [1.82, 2.24) is 9.21 Å². The molecule has 9 heteroatoms. The summed E-state index contributed by atoms with van der Waals surface area (Å²) >= 11 is 0. The van der Waals surface area contributed by atoms with Gasteiger partial charge in [0.2, 0.25) is 0 Å². The highest BCUT2D eigenvalue weighted by atomic mass is 32.2. The fourth-order valence-electron chi connectivity index (χ4n) is 3.42. The number of hydrogen-bond acceptors (Lipinski definition) is 4. The van der Waals surface area contributed by atoms with Crippen molar-refractivity contribution in [1.29, 1.82) is 0 Å². The fraction of sp³-hybridized carbons (Fsp3) is 0.619. The highest BCUT2D eigenvalue weighted by Crippen LogP contribution is 2.21. The first-order chi connectivity index (χ1) is 14.3. The van der Waals surface area contributed by atoms with Gasteiger partial charge in [0, 0.05) is 32.3 Å². The van der Waals surface area contributed by atoms with E-state index in [9.17, 15) is 17.2 Å². The Labute approximate surface area is 179 Å². The van der Waals surface area contributed by atoms with E-state index in [2.05, 4.69) is 23.2 Å². The molecule has 1 fully saturated rings. The van der Waals surface area contributed by atoms with Crippen LogP contribution in [0.1, 0.15) is 38.5 Å². The molecule has 0 spiro atoms. The number of nitrogens with one attached hydrogen (secondary N) is 1. The first-order valence-electron chi connectivity index (χ1n) is 10.5. The average molecular weight is 446 g/mol. The van der Waals surface area contributed by atoms with Gasteiger partial charge in [0.25, 0.3) is 0 Å². The van der Waals surface area contributed by atoms with Crippen molar-refractivity contribution < 1.29 is 21.9 Å². The number of likely N-dealkylation sites (N-methyl/N-ethyl adjacent to an activating group) is 1. The van der Waals surface area contributed by atoms with E-state index >= 15 is 0 Å². The summed E-state index contributed by atoms with van der Waals surface area (Å²) in [4.78, 5) is 2.24. The molecule has 30 heavy (non-hydrogen) atoms. The Morgan fingerprint density at radius 3 is 2.63 bits per heavy atom. The maximum atomic E-state index is 13.7. The van der Waals surface area contributed by atoms with Gasteiger partial charge < -0.3 is 9.64 Å². The molecule has 6 nitrogen and oxygen atoms in total. The molecular weight excluding hydrogens is 412 g/mol. The maximum absolute atomic E-state index is 13.7. The molecule has 0 unspecified atom stereocenters. The van der Waals surface area contributed by atoms with Crippen LogP contribution in [-0.2, 0) is 14.9 Å². The summed E-state index contributed by atoms with van der Waals surface area (Å²) in [5, 5.41) is 0. The van der Waals surface area contributed by atoms with Crippen LogP contribution in [-0.4, -0.2) is 63.6 Å². The molecule has 1 heterocycles. The molecule has 170 valence electrons. The molecule has 1 aliphatic rings.